The Morgan fingerprint density at radius 3 is 2.38 bits per heavy atom. The van der Waals surface area contributed by atoms with Crippen molar-refractivity contribution in [2.75, 3.05) is 6.54 Å². The highest BCUT2D eigenvalue weighted by Gasteiger charge is 2.49. The molecule has 0 unspecified atom stereocenters. The van der Waals surface area contributed by atoms with Crippen molar-refractivity contribution in [2.45, 2.75) is 57.0 Å². The zero-order chi connectivity index (χ0) is 17.5. The second kappa shape index (κ2) is 5.89. The predicted molar refractivity (Wildman–Crippen MR) is 81.1 cm³/mol. The number of nitrogens with zero attached hydrogens (tertiary/aromatic N) is 3. The Morgan fingerprint density at radius 2 is 1.83 bits per heavy atom. The Labute approximate surface area is 139 Å². The molecule has 3 aliphatic rings. The van der Waals surface area contributed by atoms with Gasteiger partial charge in [0.1, 0.15) is 12.1 Å². The molecular weight excluding hydrogens is 312 g/mol. The van der Waals surface area contributed by atoms with Gasteiger partial charge in [0.2, 0.25) is 5.91 Å². The number of carbonyl (C=O) groups is 4. The third-order valence-electron chi connectivity index (χ3n) is 5.10. The van der Waals surface area contributed by atoms with Gasteiger partial charge in [-0.2, -0.15) is 5.26 Å². The van der Waals surface area contributed by atoms with E-state index in [2.05, 4.69) is 11.4 Å². The molecule has 1 saturated heterocycles. The Bertz CT molecular complexity index is 645. The molecule has 3 rings (SSSR count). The maximum Gasteiger partial charge on any atom is 0.334 e. The molecule has 8 heteroatoms. The number of carbonyl (C=O) groups excluding carboxylic acids is 4. The summed E-state index contributed by atoms with van der Waals surface area (Å²) >= 11 is 0. The summed E-state index contributed by atoms with van der Waals surface area (Å²) in [4.78, 5) is 50.4. The molecule has 5 amide bonds. The van der Waals surface area contributed by atoms with Crippen LogP contribution in [0.3, 0.4) is 0 Å². The lowest BCUT2D eigenvalue weighted by Crippen LogP contribution is -2.51. The summed E-state index contributed by atoms with van der Waals surface area (Å²) in [7, 11) is 0. The minimum atomic E-state index is -1.00. The summed E-state index contributed by atoms with van der Waals surface area (Å²) in [6.07, 6.45) is 4.94. The highest BCUT2D eigenvalue weighted by atomic mass is 16.2. The van der Waals surface area contributed by atoms with Crippen molar-refractivity contribution < 1.29 is 19.2 Å². The summed E-state index contributed by atoms with van der Waals surface area (Å²) in [5.74, 6) is -2.33. The van der Waals surface area contributed by atoms with E-state index in [1.807, 2.05) is 0 Å². The van der Waals surface area contributed by atoms with Crippen molar-refractivity contribution >= 4 is 23.8 Å². The second-order valence-corrected chi connectivity index (χ2v) is 6.92. The Morgan fingerprint density at radius 1 is 1.21 bits per heavy atom. The average molecular weight is 332 g/mol. The Hall–Kier alpha value is -2.43. The maximum absolute atomic E-state index is 12.4. The third-order valence-corrected chi connectivity index (χ3v) is 5.10. The van der Waals surface area contributed by atoms with Crippen LogP contribution in [-0.2, 0) is 14.4 Å². The normalized spacial score (nSPS) is 24.2. The summed E-state index contributed by atoms with van der Waals surface area (Å²) in [6.45, 7) is 1.10. The van der Waals surface area contributed by atoms with E-state index in [0.717, 1.165) is 30.6 Å². The maximum atomic E-state index is 12.4. The van der Waals surface area contributed by atoms with Crippen LogP contribution in [0.25, 0.3) is 0 Å². The van der Waals surface area contributed by atoms with Crippen LogP contribution in [0.4, 0.5) is 4.79 Å². The van der Waals surface area contributed by atoms with Gasteiger partial charge in [0.25, 0.3) is 0 Å². The summed E-state index contributed by atoms with van der Waals surface area (Å²) < 4.78 is 0. The van der Waals surface area contributed by atoms with Gasteiger partial charge in [-0.15, -0.1) is 0 Å². The van der Waals surface area contributed by atoms with Crippen LogP contribution in [-0.4, -0.2) is 51.7 Å². The minimum absolute atomic E-state index is 0.0908. The van der Waals surface area contributed by atoms with E-state index in [9.17, 15) is 24.4 Å². The van der Waals surface area contributed by atoms with Gasteiger partial charge >= 0.3 is 17.8 Å². The van der Waals surface area contributed by atoms with Gasteiger partial charge in [-0.3, -0.25) is 19.3 Å². The van der Waals surface area contributed by atoms with Crippen molar-refractivity contribution in [3.8, 4) is 6.07 Å². The van der Waals surface area contributed by atoms with Crippen LogP contribution in [0.2, 0.25) is 0 Å². The van der Waals surface area contributed by atoms with Crippen LogP contribution in [0.5, 0.6) is 0 Å². The summed E-state index contributed by atoms with van der Waals surface area (Å²) in [5.41, 5.74) is -1.00. The number of imide groups is 2. The van der Waals surface area contributed by atoms with Crippen molar-refractivity contribution in [1.82, 2.24) is 15.1 Å². The molecule has 2 saturated carbocycles. The van der Waals surface area contributed by atoms with Crippen LogP contribution >= 0.6 is 0 Å². The molecule has 1 heterocycles. The highest BCUT2D eigenvalue weighted by molar-refractivity contribution is 6.45. The van der Waals surface area contributed by atoms with Gasteiger partial charge in [-0.1, -0.05) is 12.8 Å². The van der Waals surface area contributed by atoms with E-state index in [1.54, 1.807) is 6.92 Å². The van der Waals surface area contributed by atoms with E-state index < -0.39 is 35.8 Å². The molecule has 3 fully saturated rings. The van der Waals surface area contributed by atoms with Crippen LogP contribution < -0.4 is 5.32 Å². The Kier molecular flexibility index (Phi) is 4.03. The van der Waals surface area contributed by atoms with E-state index in [1.165, 1.54) is 0 Å². The van der Waals surface area contributed by atoms with Crippen LogP contribution in [0.1, 0.15) is 45.4 Å². The number of nitrogens with one attached hydrogen (secondary N) is 1. The first-order chi connectivity index (χ1) is 11.4. The van der Waals surface area contributed by atoms with Crippen molar-refractivity contribution in [3.05, 3.63) is 0 Å². The van der Waals surface area contributed by atoms with E-state index in [0.29, 0.717) is 17.7 Å². The van der Waals surface area contributed by atoms with E-state index in [4.69, 9.17) is 0 Å². The Balaban J connectivity index is 1.67. The molecule has 0 aromatic rings. The smallest absolute Gasteiger partial charge is 0.334 e. The molecule has 0 aromatic carbocycles. The number of amides is 5. The summed E-state index contributed by atoms with van der Waals surface area (Å²) in [5, 5.41) is 11.9. The molecule has 0 bridgehead atoms. The number of hydrogen-bond acceptors (Lipinski definition) is 5. The van der Waals surface area contributed by atoms with E-state index >= 15 is 0 Å². The molecule has 1 atom stereocenters. The first-order valence-corrected chi connectivity index (χ1v) is 8.28. The number of urea groups is 1. The van der Waals surface area contributed by atoms with Gasteiger partial charge in [-0.05, 0) is 38.5 Å². The van der Waals surface area contributed by atoms with E-state index in [-0.39, 0.29) is 12.0 Å². The lowest BCUT2D eigenvalue weighted by Gasteiger charge is -2.24. The number of hydrogen-bond donors (Lipinski definition) is 1. The van der Waals surface area contributed by atoms with Crippen LogP contribution in [0.15, 0.2) is 0 Å². The fourth-order valence-corrected chi connectivity index (χ4v) is 3.50. The average Bonchev–Trinajstić information content (AvgIpc) is 3.25. The van der Waals surface area contributed by atoms with Crippen molar-refractivity contribution in [1.29, 1.82) is 5.26 Å². The lowest BCUT2D eigenvalue weighted by atomic mass is 9.98. The van der Waals surface area contributed by atoms with Gasteiger partial charge in [0.05, 0.1) is 6.07 Å². The first kappa shape index (κ1) is 16.4. The monoisotopic (exact) mass is 332 g/mol. The van der Waals surface area contributed by atoms with Crippen molar-refractivity contribution in [3.63, 3.8) is 0 Å². The quantitative estimate of drug-likeness (QED) is 0.583. The molecule has 2 aliphatic carbocycles. The molecule has 24 heavy (non-hydrogen) atoms. The third kappa shape index (κ3) is 2.75. The molecule has 0 aromatic heterocycles. The first-order valence-electron chi connectivity index (χ1n) is 8.28. The van der Waals surface area contributed by atoms with Gasteiger partial charge in [0.15, 0.2) is 0 Å². The van der Waals surface area contributed by atoms with Crippen LogP contribution in [0, 0.1) is 17.2 Å². The topological polar surface area (TPSA) is 111 Å². The highest BCUT2D eigenvalue weighted by Crippen LogP contribution is 2.39. The minimum Gasteiger partial charge on any atom is -0.336 e. The lowest BCUT2D eigenvalue weighted by molar-refractivity contribution is -0.144. The van der Waals surface area contributed by atoms with Gasteiger partial charge in [-0.25, -0.2) is 9.69 Å². The molecular formula is C16H20N4O4. The van der Waals surface area contributed by atoms with Gasteiger partial charge in [0, 0.05) is 6.04 Å². The molecule has 8 nitrogen and oxygen atoms in total. The molecule has 1 N–H and O–H groups in total. The fourth-order valence-electron chi connectivity index (χ4n) is 3.50. The second-order valence-electron chi connectivity index (χ2n) is 6.92. The fraction of sp³-hybridized carbons (Fsp3) is 0.688. The SMILES string of the molecule is C[C@@](C#N)(NC(=O)CN1C(=O)C(=O)N(C2CCCC2)C1=O)C1CC1. The summed E-state index contributed by atoms with van der Waals surface area (Å²) in [6, 6.07) is 1.11. The molecule has 128 valence electrons. The zero-order valence-corrected chi connectivity index (χ0v) is 13.6. The molecule has 0 spiro atoms. The standard InChI is InChI=1S/C16H20N4O4/c1-16(9-17,10-6-7-10)18-12(21)8-19-13(22)14(23)20(15(19)24)11-4-2-3-5-11/h10-11H,2-8H2,1H3,(H,18,21)/t16-/m0/s1. The number of nitriles is 1. The van der Waals surface area contributed by atoms with Crippen molar-refractivity contribution in [2.24, 2.45) is 5.92 Å². The number of rotatable bonds is 5. The predicted octanol–water partition coefficient (Wildman–Crippen LogP) is 0.528. The molecule has 0 radical (unpaired) electrons. The largest absolute Gasteiger partial charge is 0.336 e. The van der Waals surface area contributed by atoms with Gasteiger partial charge < -0.3 is 5.32 Å². The zero-order valence-electron chi connectivity index (χ0n) is 13.6. The molecule has 1 aliphatic heterocycles.